The van der Waals surface area contributed by atoms with E-state index in [-0.39, 0.29) is 5.78 Å². The van der Waals surface area contributed by atoms with Crippen molar-refractivity contribution in [2.75, 3.05) is 0 Å². The summed E-state index contributed by atoms with van der Waals surface area (Å²) in [4.78, 5) is 15.7. The van der Waals surface area contributed by atoms with Crippen molar-refractivity contribution in [3.05, 3.63) is 29.6 Å². The zero-order valence-corrected chi connectivity index (χ0v) is 8.50. The Morgan fingerprint density at radius 2 is 2.36 bits per heavy atom. The number of rotatable bonds is 3. The van der Waals surface area contributed by atoms with E-state index < -0.39 is 0 Å². The van der Waals surface area contributed by atoms with Gasteiger partial charge in [0.25, 0.3) is 0 Å². The van der Waals surface area contributed by atoms with Gasteiger partial charge < -0.3 is 0 Å². The van der Waals surface area contributed by atoms with Crippen LogP contribution >= 0.6 is 0 Å². The van der Waals surface area contributed by atoms with Gasteiger partial charge in [0.15, 0.2) is 5.78 Å². The third kappa shape index (κ3) is 2.70. The third-order valence-electron chi connectivity index (χ3n) is 1.93. The molecule has 2 nitrogen and oxygen atoms in total. The topological polar surface area (TPSA) is 30.0 Å². The number of nitrogens with zero attached hydrogens (tertiary/aromatic N) is 1. The SMILES string of the molecule is CC#CCCC(=O)c1ncccc1C. The molecular formula is C12H13NO. The van der Waals surface area contributed by atoms with Crippen LogP contribution in [0.1, 0.15) is 35.8 Å². The Bertz CT molecular complexity index is 385. The number of hydrogen-bond acceptors (Lipinski definition) is 2. The molecule has 0 bridgehead atoms. The molecule has 0 unspecified atom stereocenters. The zero-order chi connectivity index (χ0) is 10.4. The normalized spacial score (nSPS) is 9.00. The van der Waals surface area contributed by atoms with Crippen molar-refractivity contribution in [1.29, 1.82) is 0 Å². The van der Waals surface area contributed by atoms with Crippen LogP contribution in [-0.2, 0) is 0 Å². The molecule has 1 heterocycles. The lowest BCUT2D eigenvalue weighted by Crippen LogP contribution is -2.03. The molecule has 0 aliphatic rings. The minimum absolute atomic E-state index is 0.0749. The lowest BCUT2D eigenvalue weighted by molar-refractivity contribution is 0.0979. The van der Waals surface area contributed by atoms with Gasteiger partial charge in [-0.2, -0.15) is 0 Å². The second-order valence-electron chi connectivity index (χ2n) is 3.02. The Balaban J connectivity index is 2.68. The van der Waals surface area contributed by atoms with Crippen LogP contribution in [0.15, 0.2) is 18.3 Å². The van der Waals surface area contributed by atoms with E-state index in [2.05, 4.69) is 16.8 Å². The Hall–Kier alpha value is -1.62. The van der Waals surface area contributed by atoms with Gasteiger partial charge in [-0.1, -0.05) is 6.07 Å². The highest BCUT2D eigenvalue weighted by molar-refractivity contribution is 5.95. The van der Waals surface area contributed by atoms with Crippen LogP contribution in [-0.4, -0.2) is 10.8 Å². The highest BCUT2D eigenvalue weighted by Crippen LogP contribution is 2.07. The van der Waals surface area contributed by atoms with Crippen molar-refractivity contribution < 1.29 is 4.79 Å². The van der Waals surface area contributed by atoms with E-state index in [0.717, 1.165) is 5.56 Å². The van der Waals surface area contributed by atoms with Gasteiger partial charge >= 0.3 is 0 Å². The second kappa shape index (κ2) is 5.18. The summed E-state index contributed by atoms with van der Waals surface area (Å²) >= 11 is 0. The van der Waals surface area contributed by atoms with Crippen LogP contribution in [0.4, 0.5) is 0 Å². The molecule has 0 N–H and O–H groups in total. The maximum absolute atomic E-state index is 11.6. The maximum Gasteiger partial charge on any atom is 0.182 e. The quantitative estimate of drug-likeness (QED) is 0.537. The average molecular weight is 187 g/mol. The van der Waals surface area contributed by atoms with Gasteiger partial charge in [0, 0.05) is 19.0 Å². The van der Waals surface area contributed by atoms with Gasteiger partial charge in [0.1, 0.15) is 5.69 Å². The summed E-state index contributed by atoms with van der Waals surface area (Å²) in [6, 6.07) is 3.73. The van der Waals surface area contributed by atoms with Crippen molar-refractivity contribution in [2.45, 2.75) is 26.7 Å². The van der Waals surface area contributed by atoms with Gasteiger partial charge in [0.05, 0.1) is 0 Å². The third-order valence-corrected chi connectivity index (χ3v) is 1.93. The summed E-state index contributed by atoms with van der Waals surface area (Å²) in [6.07, 6.45) is 2.72. The first-order chi connectivity index (χ1) is 6.75. The van der Waals surface area contributed by atoms with Gasteiger partial charge in [0.2, 0.25) is 0 Å². The Labute approximate surface area is 84.4 Å². The lowest BCUT2D eigenvalue weighted by atomic mass is 10.1. The highest BCUT2D eigenvalue weighted by Gasteiger charge is 2.08. The molecule has 1 aromatic rings. The molecule has 0 amide bonds. The second-order valence-corrected chi connectivity index (χ2v) is 3.02. The first kappa shape index (κ1) is 10.5. The number of Topliss-reactive ketones (excluding diaryl/α,β-unsaturated/α-hetero) is 1. The number of hydrogen-bond donors (Lipinski definition) is 0. The molecule has 0 radical (unpaired) electrons. The predicted octanol–water partition coefficient (Wildman–Crippen LogP) is 2.38. The molecule has 72 valence electrons. The van der Waals surface area contributed by atoms with Crippen molar-refractivity contribution in [3.8, 4) is 11.8 Å². The van der Waals surface area contributed by atoms with Crippen LogP contribution in [0.5, 0.6) is 0 Å². The monoisotopic (exact) mass is 187 g/mol. The molecule has 0 aromatic carbocycles. The van der Waals surface area contributed by atoms with E-state index in [9.17, 15) is 4.79 Å². The summed E-state index contributed by atoms with van der Waals surface area (Å²) in [5.74, 6) is 5.71. The average Bonchev–Trinajstić information content (AvgIpc) is 2.18. The summed E-state index contributed by atoms with van der Waals surface area (Å²) in [5, 5.41) is 0. The largest absolute Gasteiger partial charge is 0.292 e. The lowest BCUT2D eigenvalue weighted by Gasteiger charge is -2.00. The molecule has 1 aromatic heterocycles. The number of pyridine rings is 1. The van der Waals surface area contributed by atoms with E-state index in [1.165, 1.54) is 0 Å². The van der Waals surface area contributed by atoms with Crippen molar-refractivity contribution in [2.24, 2.45) is 0 Å². The minimum atomic E-state index is 0.0749. The number of carbonyl (C=O) groups excluding carboxylic acids is 1. The summed E-state index contributed by atoms with van der Waals surface area (Å²) in [5.41, 5.74) is 1.51. The number of carbonyl (C=O) groups is 1. The van der Waals surface area contributed by atoms with Gasteiger partial charge in [-0.3, -0.25) is 9.78 Å². The summed E-state index contributed by atoms with van der Waals surface area (Å²) in [6.45, 7) is 3.67. The highest BCUT2D eigenvalue weighted by atomic mass is 16.1. The molecule has 0 saturated heterocycles. The Morgan fingerprint density at radius 1 is 1.57 bits per heavy atom. The predicted molar refractivity (Wildman–Crippen MR) is 56.0 cm³/mol. The Kier molecular flexibility index (Phi) is 3.87. The number of aromatic nitrogens is 1. The van der Waals surface area contributed by atoms with E-state index in [0.29, 0.717) is 18.5 Å². The fourth-order valence-electron chi connectivity index (χ4n) is 1.20. The number of aryl methyl sites for hydroxylation is 1. The summed E-state index contributed by atoms with van der Waals surface area (Å²) < 4.78 is 0. The van der Waals surface area contributed by atoms with E-state index in [1.54, 1.807) is 13.1 Å². The standard InChI is InChI=1S/C12H13NO/c1-3-4-5-8-11(14)12-10(2)7-6-9-13-12/h6-7,9H,5,8H2,1-2H3. The van der Waals surface area contributed by atoms with Crippen LogP contribution < -0.4 is 0 Å². The Morgan fingerprint density at radius 3 is 3.00 bits per heavy atom. The van der Waals surface area contributed by atoms with E-state index in [4.69, 9.17) is 0 Å². The van der Waals surface area contributed by atoms with Crippen LogP contribution in [0, 0.1) is 18.8 Å². The first-order valence-corrected chi connectivity index (χ1v) is 4.60. The molecule has 0 atom stereocenters. The zero-order valence-electron chi connectivity index (χ0n) is 8.50. The van der Waals surface area contributed by atoms with Gasteiger partial charge in [-0.25, -0.2) is 0 Å². The maximum atomic E-state index is 11.6. The van der Waals surface area contributed by atoms with E-state index >= 15 is 0 Å². The molecule has 0 saturated carbocycles. The fourth-order valence-corrected chi connectivity index (χ4v) is 1.20. The summed E-state index contributed by atoms with van der Waals surface area (Å²) in [7, 11) is 0. The van der Waals surface area contributed by atoms with Crippen LogP contribution in [0.3, 0.4) is 0 Å². The molecule has 0 aliphatic carbocycles. The fraction of sp³-hybridized carbons (Fsp3) is 0.333. The van der Waals surface area contributed by atoms with Crippen molar-refractivity contribution >= 4 is 5.78 Å². The van der Waals surface area contributed by atoms with Crippen molar-refractivity contribution in [1.82, 2.24) is 4.98 Å². The molecule has 0 spiro atoms. The molecular weight excluding hydrogens is 174 g/mol. The molecule has 14 heavy (non-hydrogen) atoms. The van der Waals surface area contributed by atoms with Crippen LogP contribution in [0.25, 0.3) is 0 Å². The number of ketones is 1. The smallest absolute Gasteiger partial charge is 0.182 e. The molecule has 0 aliphatic heterocycles. The molecule has 1 rings (SSSR count). The van der Waals surface area contributed by atoms with Crippen molar-refractivity contribution in [3.63, 3.8) is 0 Å². The first-order valence-electron chi connectivity index (χ1n) is 4.60. The van der Waals surface area contributed by atoms with Crippen LogP contribution in [0.2, 0.25) is 0 Å². The van der Waals surface area contributed by atoms with Gasteiger partial charge in [-0.15, -0.1) is 11.8 Å². The molecule has 2 heteroatoms. The van der Waals surface area contributed by atoms with E-state index in [1.807, 2.05) is 19.1 Å². The minimum Gasteiger partial charge on any atom is -0.292 e. The van der Waals surface area contributed by atoms with Gasteiger partial charge in [-0.05, 0) is 25.5 Å². The molecule has 0 fully saturated rings.